The molecule has 0 saturated carbocycles. The highest BCUT2D eigenvalue weighted by atomic mass is 79.9. The Labute approximate surface area is 205 Å². The summed E-state index contributed by atoms with van der Waals surface area (Å²) in [7, 11) is 1.21. The number of furan rings is 1. The van der Waals surface area contributed by atoms with Gasteiger partial charge in [-0.2, -0.15) is 4.68 Å². The van der Waals surface area contributed by atoms with Crippen molar-refractivity contribution in [2.45, 2.75) is 26.8 Å². The smallest absolute Gasteiger partial charge is 0.404 e. The summed E-state index contributed by atoms with van der Waals surface area (Å²) in [5.74, 6) is -2.09. The van der Waals surface area contributed by atoms with E-state index in [9.17, 15) is 24.5 Å². The van der Waals surface area contributed by atoms with Crippen LogP contribution in [0.1, 0.15) is 55.3 Å². The molecule has 3 aromatic heterocycles. The van der Waals surface area contributed by atoms with Crippen molar-refractivity contribution >= 4 is 55.9 Å². The van der Waals surface area contributed by atoms with E-state index in [1.807, 2.05) is 6.92 Å². The van der Waals surface area contributed by atoms with E-state index in [1.54, 1.807) is 6.92 Å². The number of aromatic nitrogens is 2. The number of hydrogen-bond acceptors (Lipinski definition) is 10. The van der Waals surface area contributed by atoms with Crippen molar-refractivity contribution in [2.24, 2.45) is 0 Å². The molecule has 0 aliphatic carbocycles. The Kier molecular flexibility index (Phi) is 7.83. The number of halogens is 1. The molecule has 3 rings (SSSR count). The molecule has 180 valence electrons. The Morgan fingerprint density at radius 2 is 2.06 bits per heavy atom. The minimum atomic E-state index is -0.674. The number of hydrogen-bond donors (Lipinski definition) is 1. The predicted octanol–water partition coefficient (Wildman–Crippen LogP) is 4.17. The number of methoxy groups -OCH3 is 1. The molecule has 1 N–H and O–H groups in total. The van der Waals surface area contributed by atoms with Crippen LogP contribution in [0.15, 0.2) is 27.2 Å². The van der Waals surface area contributed by atoms with E-state index in [4.69, 9.17) is 13.9 Å². The molecule has 0 unspecified atom stereocenters. The van der Waals surface area contributed by atoms with Gasteiger partial charge >= 0.3 is 17.8 Å². The summed E-state index contributed by atoms with van der Waals surface area (Å²) in [5, 5.41) is 17.5. The van der Waals surface area contributed by atoms with Crippen LogP contribution >= 0.6 is 27.3 Å². The van der Waals surface area contributed by atoms with E-state index in [-0.39, 0.29) is 44.6 Å². The molecular weight excluding hydrogens is 536 g/mol. The Balaban J connectivity index is 1.82. The molecule has 0 aliphatic heterocycles. The van der Waals surface area contributed by atoms with Gasteiger partial charge in [-0.15, -0.1) is 11.3 Å². The molecular formula is C20H19BrN4O8S. The fraction of sp³-hybridized carbons (Fsp3) is 0.300. The number of rotatable bonds is 9. The molecule has 0 fully saturated rings. The van der Waals surface area contributed by atoms with Crippen LogP contribution in [0.25, 0.3) is 0 Å². The van der Waals surface area contributed by atoms with Gasteiger partial charge in [0.25, 0.3) is 5.91 Å². The first-order valence-electron chi connectivity index (χ1n) is 9.82. The second-order valence-electron chi connectivity index (χ2n) is 6.86. The zero-order valence-corrected chi connectivity index (χ0v) is 20.6. The number of esters is 2. The molecule has 0 radical (unpaired) electrons. The van der Waals surface area contributed by atoms with Gasteiger partial charge in [-0.1, -0.05) is 6.92 Å². The van der Waals surface area contributed by atoms with Crippen molar-refractivity contribution < 1.29 is 33.2 Å². The average molecular weight is 555 g/mol. The number of amides is 1. The van der Waals surface area contributed by atoms with Crippen LogP contribution in [0.3, 0.4) is 0 Å². The summed E-state index contributed by atoms with van der Waals surface area (Å²) in [5.41, 5.74) is 0.395. The third-order valence-corrected chi connectivity index (χ3v) is 6.21. The van der Waals surface area contributed by atoms with Crippen LogP contribution in [-0.2, 0) is 16.0 Å². The maximum atomic E-state index is 12.8. The van der Waals surface area contributed by atoms with E-state index < -0.39 is 22.8 Å². The first kappa shape index (κ1) is 25.1. The minimum absolute atomic E-state index is 0.0406. The molecule has 0 bridgehead atoms. The van der Waals surface area contributed by atoms with Crippen molar-refractivity contribution in [1.82, 2.24) is 9.78 Å². The van der Waals surface area contributed by atoms with Gasteiger partial charge < -0.3 is 29.3 Å². The number of anilines is 1. The standard InChI is InChI=1S/C20H19BrN4O8S/c1-4-7-32-19(27)14-10(2)15(20(28)31-3)34-18(14)22-17(26)13-6-5-11(33-13)8-24-9-12(21)16(23-24)25(29)30/h5-6,9H,4,7-8H2,1-3H3,(H,22,26). The second kappa shape index (κ2) is 10.6. The number of carbonyl (C=O) groups excluding carboxylic acids is 3. The van der Waals surface area contributed by atoms with Gasteiger partial charge in [0.2, 0.25) is 0 Å². The third kappa shape index (κ3) is 5.34. The molecule has 0 aromatic carbocycles. The summed E-state index contributed by atoms with van der Waals surface area (Å²) in [6.45, 7) is 3.62. The van der Waals surface area contributed by atoms with E-state index in [2.05, 4.69) is 26.3 Å². The van der Waals surface area contributed by atoms with Crippen molar-refractivity contribution in [3.05, 3.63) is 60.4 Å². The van der Waals surface area contributed by atoms with Crippen LogP contribution < -0.4 is 5.32 Å². The molecule has 1 amide bonds. The maximum absolute atomic E-state index is 12.8. The number of ether oxygens (including phenoxy) is 2. The molecule has 3 aromatic rings. The monoisotopic (exact) mass is 554 g/mol. The molecule has 0 aliphatic rings. The van der Waals surface area contributed by atoms with Crippen molar-refractivity contribution in [1.29, 1.82) is 0 Å². The lowest BCUT2D eigenvalue weighted by atomic mass is 10.1. The van der Waals surface area contributed by atoms with E-state index >= 15 is 0 Å². The number of thiophene rings is 1. The van der Waals surface area contributed by atoms with Gasteiger partial charge in [0.15, 0.2) is 5.76 Å². The topological polar surface area (TPSA) is 156 Å². The van der Waals surface area contributed by atoms with Crippen LogP contribution in [0, 0.1) is 17.0 Å². The summed E-state index contributed by atoms with van der Waals surface area (Å²) in [4.78, 5) is 47.9. The Bertz CT molecular complexity index is 1260. The fourth-order valence-corrected chi connectivity index (χ4v) is 4.47. The van der Waals surface area contributed by atoms with Gasteiger partial charge in [-0.05, 0) is 51.9 Å². The number of nitro groups is 1. The largest absolute Gasteiger partial charge is 0.465 e. The zero-order valence-electron chi connectivity index (χ0n) is 18.2. The lowest BCUT2D eigenvalue weighted by Gasteiger charge is -2.07. The van der Waals surface area contributed by atoms with Gasteiger partial charge in [-0.3, -0.25) is 4.79 Å². The third-order valence-electron chi connectivity index (χ3n) is 4.46. The van der Waals surface area contributed by atoms with Crippen LogP contribution in [0.5, 0.6) is 0 Å². The summed E-state index contributed by atoms with van der Waals surface area (Å²) >= 11 is 3.95. The Morgan fingerprint density at radius 1 is 1.32 bits per heavy atom. The van der Waals surface area contributed by atoms with E-state index in [0.717, 1.165) is 11.3 Å². The Hall–Kier alpha value is -3.52. The van der Waals surface area contributed by atoms with Crippen LogP contribution in [-0.4, -0.2) is 46.3 Å². The molecule has 34 heavy (non-hydrogen) atoms. The minimum Gasteiger partial charge on any atom is -0.465 e. The zero-order chi connectivity index (χ0) is 25.0. The lowest BCUT2D eigenvalue weighted by molar-refractivity contribution is -0.390. The van der Waals surface area contributed by atoms with E-state index in [0.29, 0.717) is 17.7 Å². The van der Waals surface area contributed by atoms with Crippen molar-refractivity contribution in [3.8, 4) is 0 Å². The first-order chi connectivity index (χ1) is 16.2. The summed E-state index contributed by atoms with van der Waals surface area (Å²) in [6, 6.07) is 2.93. The maximum Gasteiger partial charge on any atom is 0.404 e. The molecule has 12 nitrogen and oxygen atoms in total. The summed E-state index contributed by atoms with van der Waals surface area (Å²) < 4.78 is 17.0. The number of nitrogens with one attached hydrogen (secondary N) is 1. The van der Waals surface area contributed by atoms with Crippen LogP contribution in [0.2, 0.25) is 0 Å². The molecule has 14 heteroatoms. The van der Waals surface area contributed by atoms with Crippen molar-refractivity contribution in [3.63, 3.8) is 0 Å². The molecule has 0 saturated heterocycles. The first-order valence-corrected chi connectivity index (χ1v) is 11.4. The quantitative estimate of drug-likeness (QED) is 0.233. The number of nitrogens with zero attached hydrogens (tertiary/aromatic N) is 3. The van der Waals surface area contributed by atoms with Crippen LogP contribution in [0.4, 0.5) is 10.8 Å². The van der Waals surface area contributed by atoms with Gasteiger partial charge in [0.05, 0.1) is 30.6 Å². The highest BCUT2D eigenvalue weighted by Crippen LogP contribution is 2.34. The Morgan fingerprint density at radius 3 is 2.68 bits per heavy atom. The normalized spacial score (nSPS) is 10.7. The highest BCUT2D eigenvalue weighted by Gasteiger charge is 2.28. The van der Waals surface area contributed by atoms with Gasteiger partial charge in [0, 0.05) is 0 Å². The highest BCUT2D eigenvalue weighted by molar-refractivity contribution is 9.10. The average Bonchev–Trinajstić information content (AvgIpc) is 3.49. The number of carbonyl (C=O) groups is 3. The second-order valence-corrected chi connectivity index (χ2v) is 8.74. The van der Waals surface area contributed by atoms with E-state index in [1.165, 1.54) is 30.1 Å². The van der Waals surface area contributed by atoms with Gasteiger partial charge in [-0.25, -0.2) is 9.59 Å². The SMILES string of the molecule is CCCOC(=O)c1c(NC(=O)c2ccc(Cn3cc(Br)c([N+](=O)[O-])n3)o2)sc(C(=O)OC)c1C. The lowest BCUT2D eigenvalue weighted by Crippen LogP contribution is -2.14. The molecule has 0 atom stereocenters. The predicted molar refractivity (Wildman–Crippen MR) is 123 cm³/mol. The van der Waals surface area contributed by atoms with Crippen molar-refractivity contribution in [2.75, 3.05) is 19.0 Å². The fourth-order valence-electron chi connectivity index (χ4n) is 2.90. The van der Waals surface area contributed by atoms with Gasteiger partial charge in [0.1, 0.15) is 26.7 Å². The molecule has 3 heterocycles. The molecule has 0 spiro atoms. The summed E-state index contributed by atoms with van der Waals surface area (Å²) in [6.07, 6.45) is 2.02.